The third-order valence-electron chi connectivity index (χ3n) is 3.67. The molecule has 23 heavy (non-hydrogen) atoms. The van der Waals surface area contributed by atoms with Crippen molar-refractivity contribution in [2.24, 2.45) is 5.92 Å². The summed E-state index contributed by atoms with van der Waals surface area (Å²) in [6, 6.07) is 7.12. The van der Waals surface area contributed by atoms with Gasteiger partial charge in [-0.1, -0.05) is 12.1 Å². The van der Waals surface area contributed by atoms with Gasteiger partial charge in [-0.2, -0.15) is 0 Å². The van der Waals surface area contributed by atoms with Gasteiger partial charge in [0, 0.05) is 27.1 Å². The van der Waals surface area contributed by atoms with Crippen molar-refractivity contribution in [3.8, 4) is 5.75 Å². The molecule has 0 bridgehead atoms. The molecular weight excluding hydrogens is 300 g/mol. The minimum absolute atomic E-state index is 0.0625. The first-order valence-electron chi connectivity index (χ1n) is 7.24. The Morgan fingerprint density at radius 1 is 1.30 bits per heavy atom. The smallest absolute Gasteiger partial charge is 0.311 e. The van der Waals surface area contributed by atoms with Crippen LogP contribution in [0.4, 0.5) is 5.69 Å². The van der Waals surface area contributed by atoms with Crippen LogP contribution in [0.1, 0.15) is 6.42 Å². The van der Waals surface area contributed by atoms with Gasteiger partial charge in [-0.3, -0.25) is 14.4 Å². The van der Waals surface area contributed by atoms with Crippen LogP contribution in [0.3, 0.4) is 0 Å². The molecule has 1 aromatic rings. The van der Waals surface area contributed by atoms with Crippen LogP contribution >= 0.6 is 0 Å². The molecule has 0 aromatic heterocycles. The number of esters is 1. The SMILES string of the molecule is COc1ccccc1N1C[C@@H](C(=O)OCC(=O)N(C)C)CC1=O. The maximum absolute atomic E-state index is 12.2. The van der Waals surface area contributed by atoms with Gasteiger partial charge in [0.25, 0.3) is 5.91 Å². The van der Waals surface area contributed by atoms with Gasteiger partial charge in [0.2, 0.25) is 5.91 Å². The lowest BCUT2D eigenvalue weighted by Gasteiger charge is -2.19. The highest BCUT2D eigenvalue weighted by Crippen LogP contribution is 2.32. The van der Waals surface area contributed by atoms with E-state index in [4.69, 9.17) is 9.47 Å². The van der Waals surface area contributed by atoms with Crippen molar-refractivity contribution in [3.05, 3.63) is 24.3 Å². The molecule has 0 unspecified atom stereocenters. The molecule has 7 heteroatoms. The maximum atomic E-state index is 12.2. The molecule has 1 fully saturated rings. The second-order valence-electron chi connectivity index (χ2n) is 5.47. The van der Waals surface area contributed by atoms with Gasteiger partial charge >= 0.3 is 5.97 Å². The summed E-state index contributed by atoms with van der Waals surface area (Å²) >= 11 is 0. The second kappa shape index (κ2) is 7.13. The molecule has 0 spiro atoms. The van der Waals surface area contributed by atoms with Gasteiger partial charge in [0.15, 0.2) is 6.61 Å². The highest BCUT2D eigenvalue weighted by Gasteiger charge is 2.37. The molecule has 1 aliphatic heterocycles. The molecule has 0 N–H and O–H groups in total. The number of anilines is 1. The summed E-state index contributed by atoms with van der Waals surface area (Å²) in [7, 11) is 4.69. The van der Waals surface area contributed by atoms with Crippen LogP contribution in [0.2, 0.25) is 0 Å². The number of methoxy groups -OCH3 is 1. The third kappa shape index (κ3) is 3.80. The van der Waals surface area contributed by atoms with E-state index in [1.54, 1.807) is 32.3 Å². The lowest BCUT2D eigenvalue weighted by Crippen LogP contribution is -2.30. The van der Waals surface area contributed by atoms with Crippen molar-refractivity contribution in [3.63, 3.8) is 0 Å². The predicted molar refractivity (Wildman–Crippen MR) is 83.1 cm³/mol. The zero-order valence-electron chi connectivity index (χ0n) is 13.4. The number of rotatable bonds is 5. The molecular formula is C16H20N2O5. The Morgan fingerprint density at radius 3 is 2.65 bits per heavy atom. The minimum Gasteiger partial charge on any atom is -0.495 e. The number of carbonyl (C=O) groups is 3. The number of hydrogen-bond acceptors (Lipinski definition) is 5. The van der Waals surface area contributed by atoms with Crippen molar-refractivity contribution < 1.29 is 23.9 Å². The van der Waals surface area contributed by atoms with Gasteiger partial charge in [0.05, 0.1) is 18.7 Å². The van der Waals surface area contributed by atoms with Crippen molar-refractivity contribution in [1.29, 1.82) is 0 Å². The number of para-hydroxylation sites is 2. The zero-order valence-corrected chi connectivity index (χ0v) is 13.4. The summed E-state index contributed by atoms with van der Waals surface area (Å²) < 4.78 is 10.2. The van der Waals surface area contributed by atoms with Crippen LogP contribution in [0, 0.1) is 5.92 Å². The van der Waals surface area contributed by atoms with Gasteiger partial charge in [-0.15, -0.1) is 0 Å². The van der Waals surface area contributed by atoms with Gasteiger partial charge < -0.3 is 19.3 Å². The molecule has 0 radical (unpaired) electrons. The van der Waals surface area contributed by atoms with Gasteiger partial charge in [-0.25, -0.2) is 0 Å². The summed E-state index contributed by atoms with van der Waals surface area (Å²) in [4.78, 5) is 38.5. The molecule has 0 saturated carbocycles. The minimum atomic E-state index is -0.581. The van der Waals surface area contributed by atoms with Crippen molar-refractivity contribution in [1.82, 2.24) is 4.90 Å². The van der Waals surface area contributed by atoms with Crippen LogP contribution in [-0.4, -0.2) is 57.0 Å². The molecule has 1 saturated heterocycles. The lowest BCUT2D eigenvalue weighted by molar-refractivity contribution is -0.154. The summed E-state index contributed by atoms with van der Waals surface area (Å²) in [5.74, 6) is -1.02. The molecule has 7 nitrogen and oxygen atoms in total. The number of likely N-dealkylation sites (N-methyl/N-ethyl adjacent to an activating group) is 1. The normalized spacial score (nSPS) is 17.1. The van der Waals surface area contributed by atoms with Gasteiger partial charge in [0.1, 0.15) is 5.75 Å². The quantitative estimate of drug-likeness (QED) is 0.746. The molecule has 1 atom stereocenters. The largest absolute Gasteiger partial charge is 0.495 e. The average Bonchev–Trinajstić information content (AvgIpc) is 2.93. The van der Waals surface area contributed by atoms with E-state index in [-0.39, 0.29) is 31.4 Å². The Balaban J connectivity index is 2.02. The summed E-state index contributed by atoms with van der Waals surface area (Å²) in [5.41, 5.74) is 0.625. The fourth-order valence-electron chi connectivity index (χ4n) is 2.33. The van der Waals surface area contributed by atoms with E-state index in [1.807, 2.05) is 6.07 Å². The first-order valence-corrected chi connectivity index (χ1v) is 7.24. The standard InChI is InChI=1S/C16H20N2O5/c1-17(2)15(20)10-23-16(21)11-8-14(19)18(9-11)12-6-4-5-7-13(12)22-3/h4-7,11H,8-10H2,1-3H3/t11-/m0/s1. The van der Waals surface area contributed by atoms with E-state index in [0.717, 1.165) is 0 Å². The first kappa shape index (κ1) is 16.8. The fourth-order valence-corrected chi connectivity index (χ4v) is 2.33. The van der Waals surface area contributed by atoms with E-state index in [2.05, 4.69) is 0 Å². The van der Waals surface area contributed by atoms with Crippen LogP contribution in [0.15, 0.2) is 24.3 Å². The Labute approximate surface area is 134 Å². The summed E-state index contributed by atoms with van der Waals surface area (Å²) in [5, 5.41) is 0. The molecule has 1 heterocycles. The number of amides is 2. The predicted octanol–water partition coefficient (Wildman–Crippen LogP) is 0.679. The van der Waals surface area contributed by atoms with Crippen molar-refractivity contribution >= 4 is 23.5 Å². The second-order valence-corrected chi connectivity index (χ2v) is 5.47. The third-order valence-corrected chi connectivity index (χ3v) is 3.67. The highest BCUT2D eigenvalue weighted by atomic mass is 16.5. The number of carbonyl (C=O) groups excluding carboxylic acids is 3. The summed E-state index contributed by atoms with van der Waals surface area (Å²) in [6.07, 6.45) is 0.0625. The maximum Gasteiger partial charge on any atom is 0.311 e. The van der Waals surface area contributed by atoms with Crippen LogP contribution in [0.25, 0.3) is 0 Å². The Morgan fingerprint density at radius 2 is 2.00 bits per heavy atom. The number of benzene rings is 1. The lowest BCUT2D eigenvalue weighted by atomic mass is 10.1. The molecule has 2 rings (SSSR count). The van der Waals surface area contributed by atoms with Crippen LogP contribution in [0.5, 0.6) is 5.75 Å². The van der Waals surface area contributed by atoms with E-state index >= 15 is 0 Å². The Hall–Kier alpha value is -2.57. The first-order chi connectivity index (χ1) is 10.9. The zero-order chi connectivity index (χ0) is 17.0. The topological polar surface area (TPSA) is 76.2 Å². The van der Waals surface area contributed by atoms with Crippen molar-refractivity contribution in [2.75, 3.05) is 39.3 Å². The van der Waals surface area contributed by atoms with Gasteiger partial charge in [-0.05, 0) is 12.1 Å². The average molecular weight is 320 g/mol. The van der Waals surface area contributed by atoms with Crippen LogP contribution < -0.4 is 9.64 Å². The van der Waals surface area contributed by atoms with E-state index in [0.29, 0.717) is 11.4 Å². The molecule has 0 aliphatic carbocycles. The number of ether oxygens (including phenoxy) is 2. The number of hydrogen-bond donors (Lipinski definition) is 0. The molecule has 1 aromatic carbocycles. The fraction of sp³-hybridized carbons (Fsp3) is 0.438. The molecule has 2 amide bonds. The monoisotopic (exact) mass is 320 g/mol. The number of nitrogens with zero attached hydrogens (tertiary/aromatic N) is 2. The Kier molecular flexibility index (Phi) is 5.20. The van der Waals surface area contributed by atoms with E-state index < -0.39 is 11.9 Å². The summed E-state index contributed by atoms with van der Waals surface area (Å²) in [6.45, 7) is -0.0978. The van der Waals surface area contributed by atoms with E-state index in [1.165, 1.54) is 16.9 Å². The molecule has 1 aliphatic rings. The Bertz CT molecular complexity index is 614. The molecule has 124 valence electrons. The van der Waals surface area contributed by atoms with Crippen LogP contribution in [-0.2, 0) is 19.1 Å². The highest BCUT2D eigenvalue weighted by molar-refractivity contribution is 6.00. The van der Waals surface area contributed by atoms with Crippen molar-refractivity contribution in [2.45, 2.75) is 6.42 Å². The van der Waals surface area contributed by atoms with E-state index in [9.17, 15) is 14.4 Å².